The predicted molar refractivity (Wildman–Crippen MR) is 105 cm³/mol. The molecular weight excluding hydrogens is 637 g/mol. The van der Waals surface area contributed by atoms with E-state index in [1.165, 1.54) is 0 Å². The van der Waals surface area contributed by atoms with Crippen LogP contribution >= 0.6 is 67.8 Å². The first-order chi connectivity index (χ1) is 9.58. The smallest absolute Gasteiger partial charge is 0.233 e. The Balaban J connectivity index is 2.57. The molecule has 1 aromatic carbocycles. The van der Waals surface area contributed by atoms with E-state index in [2.05, 4.69) is 73.1 Å². The van der Waals surface area contributed by atoms with Crippen LogP contribution in [-0.4, -0.2) is 26.5 Å². The monoisotopic (exact) mass is 648 g/mol. The van der Waals surface area contributed by atoms with Crippen LogP contribution in [0, 0.1) is 10.7 Å². The molecule has 0 radical (unpaired) electrons. The van der Waals surface area contributed by atoms with Crippen molar-refractivity contribution in [1.29, 1.82) is 0 Å². The van der Waals surface area contributed by atoms with Crippen molar-refractivity contribution in [3.8, 4) is 0 Å². The second-order valence-electron chi connectivity index (χ2n) is 4.10. The van der Waals surface area contributed by atoms with E-state index in [-0.39, 0.29) is 18.7 Å². The van der Waals surface area contributed by atoms with Gasteiger partial charge in [0.25, 0.3) is 0 Å². The summed E-state index contributed by atoms with van der Waals surface area (Å²) in [5.41, 5.74) is 0.651. The Morgan fingerprint density at radius 3 is 2.00 bits per heavy atom. The number of amides is 2. The third kappa shape index (κ3) is 7.40. The van der Waals surface area contributed by atoms with Crippen LogP contribution in [0.4, 0.5) is 5.69 Å². The van der Waals surface area contributed by atoms with Crippen LogP contribution < -0.4 is 10.0 Å². The number of anilines is 1. The van der Waals surface area contributed by atoms with Gasteiger partial charge < -0.3 is 5.32 Å². The number of halogens is 3. The summed E-state index contributed by atoms with van der Waals surface area (Å²) in [5, 5.41) is 2.69. The molecule has 0 aliphatic heterocycles. The van der Waals surface area contributed by atoms with Gasteiger partial charge in [0.2, 0.25) is 21.8 Å². The van der Waals surface area contributed by atoms with Gasteiger partial charge in [0.15, 0.2) is 0 Å². The molecule has 2 N–H and O–H groups in total. The van der Waals surface area contributed by atoms with E-state index < -0.39 is 15.9 Å². The average Bonchev–Trinajstić information content (AvgIpc) is 2.31. The summed E-state index contributed by atoms with van der Waals surface area (Å²) >= 11 is 6.57. The van der Waals surface area contributed by atoms with Gasteiger partial charge >= 0.3 is 0 Å². The molecule has 0 saturated heterocycles. The van der Waals surface area contributed by atoms with Crippen molar-refractivity contribution in [3.63, 3.8) is 0 Å². The number of nitrogens with one attached hydrogen (secondary N) is 2. The van der Waals surface area contributed by atoms with Gasteiger partial charge in [0.05, 0.1) is 6.26 Å². The quantitative estimate of drug-likeness (QED) is 0.379. The lowest BCUT2D eigenvalue weighted by Gasteiger charge is -2.08. The Labute approximate surface area is 163 Å². The maximum atomic E-state index is 11.7. The van der Waals surface area contributed by atoms with E-state index in [0.29, 0.717) is 5.69 Å². The molecule has 0 unspecified atom stereocenters. The molecule has 1 aromatic rings. The summed E-state index contributed by atoms with van der Waals surface area (Å²) in [7, 11) is -3.58. The minimum atomic E-state index is -3.58. The topological polar surface area (TPSA) is 92.3 Å². The van der Waals surface area contributed by atoms with E-state index in [9.17, 15) is 18.0 Å². The van der Waals surface area contributed by atoms with Gasteiger partial charge in [-0.3, -0.25) is 14.3 Å². The van der Waals surface area contributed by atoms with E-state index in [4.69, 9.17) is 0 Å². The highest BCUT2D eigenvalue weighted by Gasteiger charge is 2.12. The largest absolute Gasteiger partial charge is 0.326 e. The molecule has 1 rings (SSSR count). The summed E-state index contributed by atoms with van der Waals surface area (Å²) in [6, 6.07) is 3.66. The van der Waals surface area contributed by atoms with Gasteiger partial charge in [-0.2, -0.15) is 0 Å². The van der Waals surface area contributed by atoms with Crippen LogP contribution in [0.5, 0.6) is 0 Å². The molecule has 21 heavy (non-hydrogen) atoms. The summed E-state index contributed by atoms with van der Waals surface area (Å²) in [6.45, 7) is 0. The predicted octanol–water partition coefficient (Wildman–Crippen LogP) is 2.29. The van der Waals surface area contributed by atoms with E-state index in [1.807, 2.05) is 16.9 Å². The van der Waals surface area contributed by atoms with Crippen LogP contribution in [0.15, 0.2) is 12.1 Å². The van der Waals surface area contributed by atoms with Crippen LogP contribution in [0.2, 0.25) is 0 Å². The van der Waals surface area contributed by atoms with Gasteiger partial charge in [-0.15, -0.1) is 0 Å². The summed E-state index contributed by atoms with van der Waals surface area (Å²) in [6.07, 6.45) is 0.623. The number of carbonyl (C=O) groups excluding carboxylic acids is 2. The van der Waals surface area contributed by atoms with E-state index >= 15 is 0 Å². The fourth-order valence-corrected chi connectivity index (χ4v) is 3.93. The standard InChI is InChI=1S/C11H11I3N2O4S/c1-21(19,20)16-10(18)3-2-9(17)15-6-4-7(12)11(14)8(13)5-6/h4-5H,2-3H2,1H3,(H,15,17)(H,16,18). The van der Waals surface area contributed by atoms with Gasteiger partial charge in [0, 0.05) is 29.2 Å². The molecule has 0 aromatic heterocycles. The Morgan fingerprint density at radius 2 is 1.52 bits per heavy atom. The fourth-order valence-electron chi connectivity index (χ4n) is 1.34. The maximum absolute atomic E-state index is 11.7. The second kappa shape index (κ2) is 8.24. The number of rotatable bonds is 5. The molecule has 0 heterocycles. The number of hydrogen-bond acceptors (Lipinski definition) is 4. The highest BCUT2D eigenvalue weighted by molar-refractivity contribution is 14.1. The second-order valence-corrected chi connectivity index (χ2v) is 9.25. The highest BCUT2D eigenvalue weighted by atomic mass is 127. The molecule has 0 aliphatic rings. The first kappa shape index (κ1) is 19.3. The zero-order valence-electron chi connectivity index (χ0n) is 10.7. The first-order valence-electron chi connectivity index (χ1n) is 5.53. The minimum Gasteiger partial charge on any atom is -0.326 e. The van der Waals surface area contributed by atoms with Gasteiger partial charge in [-0.25, -0.2) is 8.42 Å². The molecule has 0 fully saturated rings. The highest BCUT2D eigenvalue weighted by Crippen LogP contribution is 2.25. The van der Waals surface area contributed by atoms with Crippen LogP contribution in [0.25, 0.3) is 0 Å². The van der Waals surface area contributed by atoms with Gasteiger partial charge in [-0.1, -0.05) is 0 Å². The van der Waals surface area contributed by atoms with Crippen molar-refractivity contribution >= 4 is 95.3 Å². The number of sulfonamides is 1. The average molecular weight is 648 g/mol. The van der Waals surface area contributed by atoms with Crippen LogP contribution in [0.1, 0.15) is 12.8 Å². The lowest BCUT2D eigenvalue weighted by molar-refractivity contribution is -0.123. The molecule has 0 aliphatic carbocycles. The molecule has 0 saturated carbocycles. The normalized spacial score (nSPS) is 11.0. The van der Waals surface area contributed by atoms with E-state index in [0.717, 1.165) is 17.0 Å². The van der Waals surface area contributed by atoms with Crippen molar-refractivity contribution in [3.05, 3.63) is 22.8 Å². The van der Waals surface area contributed by atoms with Crippen LogP contribution in [0.3, 0.4) is 0 Å². The molecule has 2 amide bonds. The Kier molecular flexibility index (Phi) is 7.59. The number of benzene rings is 1. The molecule has 0 spiro atoms. The molecule has 116 valence electrons. The summed E-state index contributed by atoms with van der Waals surface area (Å²) < 4.78 is 26.7. The van der Waals surface area contributed by atoms with Crippen molar-refractivity contribution in [1.82, 2.24) is 4.72 Å². The molecular formula is C11H11I3N2O4S. The van der Waals surface area contributed by atoms with Crippen molar-refractivity contribution < 1.29 is 18.0 Å². The summed E-state index contributed by atoms with van der Waals surface area (Å²) in [5.74, 6) is -1.04. The summed E-state index contributed by atoms with van der Waals surface area (Å²) in [4.78, 5) is 23.0. The van der Waals surface area contributed by atoms with E-state index in [1.54, 1.807) is 0 Å². The molecule has 10 heteroatoms. The zero-order chi connectivity index (χ0) is 16.2. The Hall–Kier alpha value is 0.300. The lowest BCUT2D eigenvalue weighted by Crippen LogP contribution is -2.30. The number of hydrogen-bond donors (Lipinski definition) is 2. The molecule has 0 atom stereocenters. The van der Waals surface area contributed by atoms with Crippen LogP contribution in [-0.2, 0) is 19.6 Å². The third-order valence-electron chi connectivity index (χ3n) is 2.15. The van der Waals surface area contributed by atoms with Crippen molar-refractivity contribution in [2.75, 3.05) is 11.6 Å². The Morgan fingerprint density at radius 1 is 1.05 bits per heavy atom. The van der Waals surface area contributed by atoms with Crippen molar-refractivity contribution in [2.45, 2.75) is 12.8 Å². The van der Waals surface area contributed by atoms with Gasteiger partial charge in [0.1, 0.15) is 0 Å². The zero-order valence-corrected chi connectivity index (χ0v) is 18.0. The first-order valence-corrected chi connectivity index (χ1v) is 10.7. The molecule has 0 bridgehead atoms. The molecule has 6 nitrogen and oxygen atoms in total. The SMILES string of the molecule is CS(=O)(=O)NC(=O)CCC(=O)Nc1cc(I)c(I)c(I)c1. The fraction of sp³-hybridized carbons (Fsp3) is 0.273. The third-order valence-corrected chi connectivity index (χ3v) is 7.67. The lowest BCUT2D eigenvalue weighted by atomic mass is 10.2. The minimum absolute atomic E-state index is 0.0828. The maximum Gasteiger partial charge on any atom is 0.233 e. The van der Waals surface area contributed by atoms with Crippen molar-refractivity contribution in [2.24, 2.45) is 0 Å². The Bertz CT molecular complexity index is 653. The number of carbonyl (C=O) groups is 2. The van der Waals surface area contributed by atoms with Gasteiger partial charge in [-0.05, 0) is 79.9 Å².